The van der Waals surface area contributed by atoms with Gasteiger partial charge in [-0.1, -0.05) is 128 Å². The van der Waals surface area contributed by atoms with Crippen molar-refractivity contribution in [2.45, 2.75) is 38.5 Å². The molecule has 0 saturated heterocycles. The van der Waals surface area contributed by atoms with Crippen LogP contribution in [-0.2, 0) is 12.8 Å². The van der Waals surface area contributed by atoms with Gasteiger partial charge in [0.2, 0.25) is 0 Å². The lowest BCUT2D eigenvalue weighted by Crippen LogP contribution is -2.05. The molecule has 3 heteroatoms. The Balaban J connectivity index is 1.20. The average molecular weight is 582 g/mol. The number of rotatable bonds is 5. The van der Waals surface area contributed by atoms with E-state index in [1.165, 1.54) is 65.5 Å². The zero-order valence-electron chi connectivity index (χ0n) is 25.4. The summed E-state index contributed by atoms with van der Waals surface area (Å²) in [7, 11) is 0. The van der Waals surface area contributed by atoms with E-state index in [4.69, 9.17) is 9.97 Å². The number of nitrogens with zero attached hydrogens (tertiary/aromatic N) is 3. The van der Waals surface area contributed by atoms with Crippen LogP contribution in [0.1, 0.15) is 36.9 Å². The zero-order valence-corrected chi connectivity index (χ0v) is 25.4. The van der Waals surface area contributed by atoms with Crippen LogP contribution in [0, 0.1) is 0 Å². The van der Waals surface area contributed by atoms with Gasteiger partial charge in [0.1, 0.15) is 0 Å². The normalized spacial score (nSPS) is 13.2. The highest BCUT2D eigenvalue weighted by Crippen LogP contribution is 2.35. The Labute approximate surface area is 264 Å². The SMILES string of the molecule is c1ccc(-c2ccc(-c3cc(-c4ccc(-n5c6c(c7ccccc75)CCCCCC6)cc4)nc(-c4ccccc4)n3)cc2)cc1. The van der Waals surface area contributed by atoms with E-state index in [0.717, 1.165) is 40.3 Å². The molecule has 3 nitrogen and oxygen atoms in total. The van der Waals surface area contributed by atoms with Gasteiger partial charge in [0.15, 0.2) is 5.82 Å². The molecule has 0 amide bonds. The topological polar surface area (TPSA) is 30.7 Å². The average Bonchev–Trinajstić information content (AvgIpc) is 3.40. The Kier molecular flexibility index (Phi) is 7.28. The van der Waals surface area contributed by atoms with Crippen LogP contribution in [0.5, 0.6) is 0 Å². The molecule has 1 aliphatic rings. The second kappa shape index (κ2) is 12.0. The number of aryl methyl sites for hydroxylation is 1. The minimum Gasteiger partial charge on any atom is -0.313 e. The molecule has 0 radical (unpaired) electrons. The molecule has 2 aromatic heterocycles. The van der Waals surface area contributed by atoms with Gasteiger partial charge in [-0.2, -0.15) is 0 Å². The predicted molar refractivity (Wildman–Crippen MR) is 186 cm³/mol. The number of hydrogen-bond donors (Lipinski definition) is 0. The molecule has 0 unspecified atom stereocenters. The number of hydrogen-bond acceptors (Lipinski definition) is 2. The molecule has 1 aliphatic carbocycles. The van der Waals surface area contributed by atoms with Crippen molar-refractivity contribution in [1.29, 1.82) is 0 Å². The van der Waals surface area contributed by atoms with Crippen molar-refractivity contribution >= 4 is 10.9 Å². The van der Waals surface area contributed by atoms with E-state index in [9.17, 15) is 0 Å². The summed E-state index contributed by atoms with van der Waals surface area (Å²) >= 11 is 0. The summed E-state index contributed by atoms with van der Waals surface area (Å²) in [5.74, 6) is 0.733. The first kappa shape index (κ1) is 27.3. The van der Waals surface area contributed by atoms with Crippen molar-refractivity contribution in [3.63, 3.8) is 0 Å². The molecule has 0 atom stereocenters. The Morgan fingerprint density at radius 1 is 0.444 bits per heavy atom. The van der Waals surface area contributed by atoms with Crippen molar-refractivity contribution in [2.75, 3.05) is 0 Å². The van der Waals surface area contributed by atoms with Crippen molar-refractivity contribution in [3.8, 4) is 50.7 Å². The summed E-state index contributed by atoms with van der Waals surface area (Å²) in [6.45, 7) is 0. The van der Waals surface area contributed by atoms with Gasteiger partial charge in [0.25, 0.3) is 0 Å². The van der Waals surface area contributed by atoms with Gasteiger partial charge in [-0.05, 0) is 66.6 Å². The maximum absolute atomic E-state index is 5.08. The Morgan fingerprint density at radius 3 is 1.67 bits per heavy atom. The molecule has 8 rings (SSSR count). The zero-order chi connectivity index (χ0) is 30.0. The highest BCUT2D eigenvalue weighted by molar-refractivity contribution is 5.87. The van der Waals surface area contributed by atoms with Gasteiger partial charge >= 0.3 is 0 Å². The molecule has 0 aliphatic heterocycles. The standard InChI is InChI=1S/C42H35N3/c1-2-10-19-40-36(17-9-1)37-18-11-12-20-41(37)45(40)35-27-25-33(26-28-35)39-29-38(43-42(44-39)34-15-7-4-8-16-34)32-23-21-31(22-24-32)30-13-5-3-6-14-30/h3-8,11-16,18,20-29H,1-2,9-10,17,19H2. The van der Waals surface area contributed by atoms with Gasteiger partial charge in [-0.15, -0.1) is 0 Å². The maximum Gasteiger partial charge on any atom is 0.160 e. The lowest BCUT2D eigenvalue weighted by molar-refractivity contribution is 0.608. The van der Waals surface area contributed by atoms with Crippen LogP contribution in [-0.4, -0.2) is 14.5 Å². The lowest BCUT2D eigenvalue weighted by atomic mass is 9.96. The third-order valence-corrected chi connectivity index (χ3v) is 9.15. The number of aromatic nitrogens is 3. The van der Waals surface area contributed by atoms with Crippen molar-refractivity contribution < 1.29 is 0 Å². The third-order valence-electron chi connectivity index (χ3n) is 9.15. The van der Waals surface area contributed by atoms with Crippen molar-refractivity contribution in [2.24, 2.45) is 0 Å². The molecule has 7 aromatic rings. The number of fused-ring (bicyclic) bond motifs is 3. The van der Waals surface area contributed by atoms with Crippen LogP contribution in [0.2, 0.25) is 0 Å². The smallest absolute Gasteiger partial charge is 0.160 e. The van der Waals surface area contributed by atoms with Gasteiger partial charge in [0, 0.05) is 33.5 Å². The Bertz CT molecular complexity index is 2070. The van der Waals surface area contributed by atoms with Gasteiger partial charge in [0.05, 0.1) is 16.9 Å². The largest absolute Gasteiger partial charge is 0.313 e. The fourth-order valence-corrected chi connectivity index (χ4v) is 6.85. The molecule has 0 bridgehead atoms. The molecule has 0 saturated carbocycles. The summed E-state index contributed by atoms with van der Waals surface area (Å²) in [6, 6.07) is 49.5. The quantitative estimate of drug-likeness (QED) is 0.202. The molecule has 0 spiro atoms. The summed E-state index contributed by atoms with van der Waals surface area (Å²) in [6.07, 6.45) is 7.46. The molecular formula is C42H35N3. The minimum absolute atomic E-state index is 0.733. The Morgan fingerprint density at radius 2 is 0.978 bits per heavy atom. The summed E-state index contributed by atoms with van der Waals surface area (Å²) in [5, 5.41) is 1.41. The van der Waals surface area contributed by atoms with E-state index >= 15 is 0 Å². The fourth-order valence-electron chi connectivity index (χ4n) is 6.85. The monoisotopic (exact) mass is 581 g/mol. The minimum atomic E-state index is 0.733. The molecule has 5 aromatic carbocycles. The molecule has 2 heterocycles. The predicted octanol–water partition coefficient (Wildman–Crippen LogP) is 10.7. The van der Waals surface area contributed by atoms with E-state index < -0.39 is 0 Å². The van der Waals surface area contributed by atoms with E-state index in [-0.39, 0.29) is 0 Å². The van der Waals surface area contributed by atoms with Crippen molar-refractivity contribution in [1.82, 2.24) is 14.5 Å². The lowest BCUT2D eigenvalue weighted by Gasteiger charge is -2.15. The Hall–Kier alpha value is -5.28. The summed E-state index contributed by atoms with van der Waals surface area (Å²) in [5.41, 5.74) is 13.0. The molecule has 45 heavy (non-hydrogen) atoms. The fraction of sp³-hybridized carbons (Fsp3) is 0.143. The van der Waals surface area contributed by atoms with Gasteiger partial charge < -0.3 is 4.57 Å². The van der Waals surface area contributed by atoms with Crippen LogP contribution in [0.4, 0.5) is 0 Å². The highest BCUT2D eigenvalue weighted by Gasteiger charge is 2.19. The van der Waals surface area contributed by atoms with Crippen molar-refractivity contribution in [3.05, 3.63) is 151 Å². The second-order valence-corrected chi connectivity index (χ2v) is 12.0. The van der Waals surface area contributed by atoms with Crippen LogP contribution in [0.3, 0.4) is 0 Å². The first-order valence-electron chi connectivity index (χ1n) is 16.1. The maximum atomic E-state index is 5.08. The van der Waals surface area contributed by atoms with Gasteiger partial charge in [-0.3, -0.25) is 0 Å². The van der Waals surface area contributed by atoms with E-state index in [0.29, 0.717) is 0 Å². The number of para-hydroxylation sites is 1. The molecule has 0 N–H and O–H groups in total. The van der Waals surface area contributed by atoms with Gasteiger partial charge in [-0.25, -0.2) is 9.97 Å². The van der Waals surface area contributed by atoms with Crippen LogP contribution < -0.4 is 0 Å². The first-order valence-corrected chi connectivity index (χ1v) is 16.1. The molecule has 218 valence electrons. The summed E-state index contributed by atoms with van der Waals surface area (Å²) in [4.78, 5) is 10.1. The van der Waals surface area contributed by atoms with Crippen LogP contribution >= 0.6 is 0 Å². The second-order valence-electron chi connectivity index (χ2n) is 12.0. The third kappa shape index (κ3) is 5.36. The highest BCUT2D eigenvalue weighted by atomic mass is 15.0. The first-order chi connectivity index (χ1) is 22.3. The number of benzene rings is 5. The molecular weight excluding hydrogens is 546 g/mol. The van der Waals surface area contributed by atoms with Crippen LogP contribution in [0.25, 0.3) is 61.6 Å². The molecule has 0 fully saturated rings. The van der Waals surface area contributed by atoms with E-state index in [1.54, 1.807) is 5.56 Å². The summed E-state index contributed by atoms with van der Waals surface area (Å²) < 4.78 is 2.51. The van der Waals surface area contributed by atoms with E-state index in [1.807, 2.05) is 18.2 Å². The van der Waals surface area contributed by atoms with Crippen LogP contribution in [0.15, 0.2) is 140 Å². The van der Waals surface area contributed by atoms with E-state index in [2.05, 4.69) is 126 Å².